The summed E-state index contributed by atoms with van der Waals surface area (Å²) in [6.07, 6.45) is 0.955. The maximum atomic E-state index is 12.0. The summed E-state index contributed by atoms with van der Waals surface area (Å²) in [6.45, 7) is 5.53. The summed E-state index contributed by atoms with van der Waals surface area (Å²) < 4.78 is 5.59. The van der Waals surface area contributed by atoms with E-state index in [0.29, 0.717) is 10.8 Å². The van der Waals surface area contributed by atoms with Crippen molar-refractivity contribution in [1.29, 1.82) is 0 Å². The number of ether oxygens (including phenoxy) is 1. The Kier molecular flexibility index (Phi) is 5.77. The monoisotopic (exact) mass is 330 g/mol. The molecule has 4 nitrogen and oxygen atoms in total. The molecule has 0 saturated carbocycles. The summed E-state index contributed by atoms with van der Waals surface area (Å²) in [4.78, 5) is 12.0. The second kappa shape index (κ2) is 7.79. The van der Waals surface area contributed by atoms with Crippen LogP contribution in [0.3, 0.4) is 0 Å². The summed E-state index contributed by atoms with van der Waals surface area (Å²) >= 11 is 5.97. The van der Waals surface area contributed by atoms with Gasteiger partial charge in [0.2, 0.25) is 0 Å². The predicted molar refractivity (Wildman–Crippen MR) is 93.2 cm³/mol. The van der Waals surface area contributed by atoms with Crippen molar-refractivity contribution in [2.24, 2.45) is 5.10 Å². The third-order valence-corrected chi connectivity index (χ3v) is 3.80. The lowest BCUT2D eigenvalue weighted by atomic mass is 10.1. The van der Waals surface area contributed by atoms with Crippen LogP contribution >= 0.6 is 11.6 Å². The average molecular weight is 331 g/mol. The van der Waals surface area contributed by atoms with Crippen molar-refractivity contribution in [3.63, 3.8) is 0 Å². The van der Waals surface area contributed by atoms with Gasteiger partial charge in [-0.15, -0.1) is 0 Å². The molecular formula is C18H19ClN2O2. The van der Waals surface area contributed by atoms with Crippen molar-refractivity contribution in [2.75, 3.05) is 0 Å². The highest BCUT2D eigenvalue weighted by Crippen LogP contribution is 2.21. The quantitative estimate of drug-likeness (QED) is 0.668. The fourth-order valence-corrected chi connectivity index (χ4v) is 2.05. The molecule has 0 heterocycles. The standard InChI is InChI=1S/C18H19ClN2O2/c1-12-6-4-5-7-15(12)11-20-21-18(22)14(3)23-16-8-9-17(19)13(2)10-16/h4-11,14H,1-3H3,(H,21,22)/b20-11-. The van der Waals surface area contributed by atoms with E-state index in [9.17, 15) is 4.79 Å². The number of halogens is 1. The van der Waals surface area contributed by atoms with Crippen LogP contribution in [0, 0.1) is 13.8 Å². The summed E-state index contributed by atoms with van der Waals surface area (Å²) in [7, 11) is 0. The Labute approximate surface area is 141 Å². The Bertz CT molecular complexity index is 729. The van der Waals surface area contributed by atoms with Crippen LogP contribution in [0.1, 0.15) is 23.6 Å². The second-order valence-electron chi connectivity index (χ2n) is 5.26. The van der Waals surface area contributed by atoms with Gasteiger partial charge in [0.25, 0.3) is 5.91 Å². The number of nitrogens with one attached hydrogen (secondary N) is 1. The molecule has 23 heavy (non-hydrogen) atoms. The van der Waals surface area contributed by atoms with Gasteiger partial charge in [-0.05, 0) is 55.7 Å². The SMILES string of the molecule is Cc1cc(OC(C)C(=O)N/N=C\c2ccccc2C)ccc1Cl. The van der Waals surface area contributed by atoms with E-state index in [1.54, 1.807) is 31.3 Å². The molecule has 0 aliphatic rings. The molecule has 0 spiro atoms. The molecule has 120 valence electrons. The molecule has 1 amide bonds. The normalized spacial score (nSPS) is 12.2. The van der Waals surface area contributed by atoms with Gasteiger partial charge >= 0.3 is 0 Å². The minimum atomic E-state index is -0.662. The van der Waals surface area contributed by atoms with Crippen LogP contribution in [0.2, 0.25) is 5.02 Å². The molecule has 2 aromatic rings. The number of hydrazone groups is 1. The Morgan fingerprint density at radius 2 is 1.96 bits per heavy atom. The lowest BCUT2D eigenvalue weighted by molar-refractivity contribution is -0.127. The van der Waals surface area contributed by atoms with Gasteiger partial charge in [0.15, 0.2) is 6.10 Å². The number of rotatable bonds is 5. The van der Waals surface area contributed by atoms with Gasteiger partial charge in [0.05, 0.1) is 6.21 Å². The summed E-state index contributed by atoms with van der Waals surface area (Å²) in [5, 5.41) is 4.64. The number of aryl methyl sites for hydroxylation is 2. The molecule has 0 bridgehead atoms. The Morgan fingerprint density at radius 1 is 1.22 bits per heavy atom. The number of hydrogen-bond donors (Lipinski definition) is 1. The van der Waals surface area contributed by atoms with E-state index in [2.05, 4.69) is 10.5 Å². The van der Waals surface area contributed by atoms with Gasteiger partial charge in [-0.2, -0.15) is 5.10 Å². The summed E-state index contributed by atoms with van der Waals surface area (Å²) in [5.74, 6) is 0.278. The molecule has 1 unspecified atom stereocenters. The van der Waals surface area contributed by atoms with Crippen molar-refractivity contribution in [3.05, 3.63) is 64.2 Å². The van der Waals surface area contributed by atoms with Crippen LogP contribution < -0.4 is 10.2 Å². The average Bonchev–Trinajstić information content (AvgIpc) is 2.52. The van der Waals surface area contributed by atoms with Crippen molar-refractivity contribution in [2.45, 2.75) is 26.9 Å². The van der Waals surface area contributed by atoms with E-state index < -0.39 is 6.10 Å². The first-order chi connectivity index (χ1) is 11.0. The Balaban J connectivity index is 1.92. The van der Waals surface area contributed by atoms with Crippen LogP contribution in [0.25, 0.3) is 0 Å². The Hall–Kier alpha value is -2.33. The maximum absolute atomic E-state index is 12.0. The van der Waals surface area contributed by atoms with Crippen LogP contribution in [0.4, 0.5) is 0 Å². The van der Waals surface area contributed by atoms with Crippen molar-refractivity contribution < 1.29 is 9.53 Å². The minimum Gasteiger partial charge on any atom is -0.481 e. The molecule has 2 rings (SSSR count). The van der Waals surface area contributed by atoms with Gasteiger partial charge in [-0.25, -0.2) is 5.43 Å². The molecular weight excluding hydrogens is 312 g/mol. The van der Waals surface area contributed by atoms with Crippen molar-refractivity contribution >= 4 is 23.7 Å². The van der Waals surface area contributed by atoms with Crippen molar-refractivity contribution in [1.82, 2.24) is 5.43 Å². The fourth-order valence-electron chi connectivity index (χ4n) is 1.94. The number of benzene rings is 2. The fraction of sp³-hybridized carbons (Fsp3) is 0.222. The zero-order valence-electron chi connectivity index (χ0n) is 13.3. The lowest BCUT2D eigenvalue weighted by Crippen LogP contribution is -2.33. The van der Waals surface area contributed by atoms with E-state index in [0.717, 1.165) is 16.7 Å². The molecule has 0 aromatic heterocycles. The minimum absolute atomic E-state index is 0.317. The van der Waals surface area contributed by atoms with Gasteiger partial charge in [0, 0.05) is 5.02 Å². The molecule has 2 aromatic carbocycles. The molecule has 5 heteroatoms. The lowest BCUT2D eigenvalue weighted by Gasteiger charge is -2.13. The zero-order valence-corrected chi connectivity index (χ0v) is 14.1. The first kappa shape index (κ1) is 17.0. The highest BCUT2D eigenvalue weighted by molar-refractivity contribution is 6.31. The largest absolute Gasteiger partial charge is 0.481 e. The van der Waals surface area contributed by atoms with Gasteiger partial charge < -0.3 is 4.74 Å². The van der Waals surface area contributed by atoms with E-state index >= 15 is 0 Å². The van der Waals surface area contributed by atoms with E-state index in [1.807, 2.05) is 38.1 Å². The van der Waals surface area contributed by atoms with E-state index in [-0.39, 0.29) is 5.91 Å². The van der Waals surface area contributed by atoms with Crippen LogP contribution in [-0.2, 0) is 4.79 Å². The molecule has 1 atom stereocenters. The highest BCUT2D eigenvalue weighted by Gasteiger charge is 2.14. The predicted octanol–water partition coefficient (Wildman–Crippen LogP) is 3.87. The summed E-state index contributed by atoms with van der Waals surface area (Å²) in [5.41, 5.74) is 5.42. The smallest absolute Gasteiger partial charge is 0.280 e. The van der Waals surface area contributed by atoms with Crippen molar-refractivity contribution in [3.8, 4) is 5.75 Å². The van der Waals surface area contributed by atoms with Gasteiger partial charge in [-0.1, -0.05) is 35.9 Å². The zero-order chi connectivity index (χ0) is 16.8. The molecule has 0 aliphatic heterocycles. The summed E-state index contributed by atoms with van der Waals surface area (Å²) in [6, 6.07) is 13.1. The highest BCUT2D eigenvalue weighted by atomic mass is 35.5. The Morgan fingerprint density at radius 3 is 2.65 bits per heavy atom. The molecule has 0 radical (unpaired) electrons. The number of carbonyl (C=O) groups excluding carboxylic acids is 1. The second-order valence-corrected chi connectivity index (χ2v) is 5.67. The molecule has 0 aliphatic carbocycles. The number of hydrogen-bond acceptors (Lipinski definition) is 3. The number of amides is 1. The first-order valence-corrected chi connectivity index (χ1v) is 7.66. The van der Waals surface area contributed by atoms with E-state index in [4.69, 9.17) is 16.3 Å². The van der Waals surface area contributed by atoms with Gasteiger partial charge in [-0.3, -0.25) is 4.79 Å². The maximum Gasteiger partial charge on any atom is 0.280 e. The topological polar surface area (TPSA) is 50.7 Å². The van der Waals surface area contributed by atoms with Crippen LogP contribution in [0.15, 0.2) is 47.6 Å². The van der Waals surface area contributed by atoms with Crippen LogP contribution in [-0.4, -0.2) is 18.2 Å². The van der Waals surface area contributed by atoms with E-state index in [1.165, 1.54) is 0 Å². The molecule has 1 N–H and O–H groups in total. The van der Waals surface area contributed by atoms with Gasteiger partial charge in [0.1, 0.15) is 5.75 Å². The first-order valence-electron chi connectivity index (χ1n) is 7.28. The third kappa shape index (κ3) is 4.83. The molecule has 0 fully saturated rings. The van der Waals surface area contributed by atoms with Crippen LogP contribution in [0.5, 0.6) is 5.75 Å². The molecule has 0 saturated heterocycles. The third-order valence-electron chi connectivity index (χ3n) is 3.38. The number of nitrogens with zero attached hydrogens (tertiary/aromatic N) is 1. The number of carbonyl (C=O) groups is 1.